The molecule has 0 aliphatic carbocycles. The number of nitrogens with zero attached hydrogens (tertiary/aromatic N) is 3. The molecule has 2 aromatic rings. The van der Waals surface area contributed by atoms with Gasteiger partial charge >= 0.3 is 11.7 Å². The Labute approximate surface area is 201 Å². The summed E-state index contributed by atoms with van der Waals surface area (Å²) in [4.78, 5) is 65.1. The minimum Gasteiger partial charge on any atom is -0.462 e. The van der Waals surface area contributed by atoms with E-state index in [0.717, 1.165) is 23.5 Å². The van der Waals surface area contributed by atoms with E-state index in [9.17, 15) is 29.3 Å². The van der Waals surface area contributed by atoms with Gasteiger partial charge in [0, 0.05) is 30.8 Å². The van der Waals surface area contributed by atoms with Crippen molar-refractivity contribution in [2.75, 3.05) is 23.8 Å². The van der Waals surface area contributed by atoms with Crippen LogP contribution in [-0.2, 0) is 11.3 Å². The zero-order valence-corrected chi connectivity index (χ0v) is 20.3. The van der Waals surface area contributed by atoms with Gasteiger partial charge in [0.05, 0.1) is 17.1 Å². The van der Waals surface area contributed by atoms with E-state index < -0.39 is 33.7 Å². The Morgan fingerprint density at radius 3 is 2.43 bits per heavy atom. The Kier molecular flexibility index (Phi) is 9.32. The lowest BCUT2D eigenvalue weighted by Crippen LogP contribution is -2.42. The molecule has 12 heteroatoms. The Hall–Kier alpha value is -3.96. The largest absolute Gasteiger partial charge is 0.462 e. The number of ether oxygens (including phenoxy) is 1. The highest BCUT2D eigenvalue weighted by Gasteiger charge is 2.28. The van der Waals surface area contributed by atoms with Crippen LogP contribution in [0.1, 0.15) is 67.7 Å². The molecule has 2 rings (SSSR count). The number of carbonyl (C=O) groups is 2. The first-order valence-corrected chi connectivity index (χ1v) is 11.4. The third kappa shape index (κ3) is 6.55. The van der Waals surface area contributed by atoms with Crippen LogP contribution in [0.4, 0.5) is 17.2 Å². The molecule has 0 fully saturated rings. The normalized spacial score (nSPS) is 10.9. The van der Waals surface area contributed by atoms with Crippen LogP contribution in [0.3, 0.4) is 0 Å². The highest BCUT2D eigenvalue weighted by Crippen LogP contribution is 2.24. The molecular formula is C23H31N5O7. The number of nitro benzene ring substituents is 1. The summed E-state index contributed by atoms with van der Waals surface area (Å²) in [5, 5.41) is 11.5. The van der Waals surface area contributed by atoms with Gasteiger partial charge < -0.3 is 15.4 Å². The van der Waals surface area contributed by atoms with E-state index in [4.69, 9.17) is 10.5 Å². The number of rotatable bonds is 11. The molecule has 0 aliphatic heterocycles. The van der Waals surface area contributed by atoms with Crippen LogP contribution in [0.5, 0.6) is 0 Å². The average Bonchev–Trinajstić information content (AvgIpc) is 2.80. The van der Waals surface area contributed by atoms with Gasteiger partial charge in [0.1, 0.15) is 5.82 Å². The van der Waals surface area contributed by atoms with Crippen molar-refractivity contribution in [1.29, 1.82) is 0 Å². The van der Waals surface area contributed by atoms with E-state index in [1.807, 2.05) is 20.8 Å². The lowest BCUT2D eigenvalue weighted by Gasteiger charge is -2.25. The number of unbranched alkanes of at least 4 members (excludes halogenated alkanes) is 1. The molecule has 0 radical (unpaired) electrons. The van der Waals surface area contributed by atoms with Crippen molar-refractivity contribution in [3.05, 3.63) is 60.3 Å². The van der Waals surface area contributed by atoms with E-state index in [1.165, 1.54) is 10.6 Å². The quantitative estimate of drug-likeness (QED) is 0.275. The van der Waals surface area contributed by atoms with Crippen LogP contribution in [-0.4, -0.2) is 39.5 Å². The topological polar surface area (TPSA) is 171 Å². The van der Waals surface area contributed by atoms with Crippen molar-refractivity contribution in [2.24, 2.45) is 5.92 Å². The number of amides is 1. The predicted octanol–water partition coefficient (Wildman–Crippen LogP) is 2.70. The molecule has 1 heterocycles. The standard InChI is InChI=1S/C23H31N5O7/c1-5-7-9-27-19(24)18(20(29)25-23(27)32)26(10-8-14(3)4)21(30)15-11-16(22(31)35-6-2)13-17(12-15)28(33)34/h11-14H,5-10,24H2,1-4H3,(H,25,29,32). The highest BCUT2D eigenvalue weighted by atomic mass is 16.6. The molecule has 0 spiro atoms. The fourth-order valence-corrected chi connectivity index (χ4v) is 3.41. The molecule has 12 nitrogen and oxygen atoms in total. The van der Waals surface area contributed by atoms with E-state index in [0.29, 0.717) is 12.8 Å². The fourth-order valence-electron chi connectivity index (χ4n) is 3.41. The number of nitrogens with one attached hydrogen (secondary N) is 1. The van der Waals surface area contributed by atoms with Crippen LogP contribution in [0.15, 0.2) is 27.8 Å². The monoisotopic (exact) mass is 489 g/mol. The van der Waals surface area contributed by atoms with Gasteiger partial charge in [-0.15, -0.1) is 0 Å². The van der Waals surface area contributed by atoms with Crippen molar-refractivity contribution in [3.63, 3.8) is 0 Å². The molecule has 0 bridgehead atoms. The van der Waals surface area contributed by atoms with Crippen LogP contribution in [0.25, 0.3) is 0 Å². The Balaban J connectivity index is 2.71. The second-order valence-electron chi connectivity index (χ2n) is 8.38. The lowest BCUT2D eigenvalue weighted by atomic mass is 10.1. The van der Waals surface area contributed by atoms with Crippen LogP contribution in [0, 0.1) is 16.0 Å². The maximum absolute atomic E-state index is 13.6. The molecule has 190 valence electrons. The van der Waals surface area contributed by atoms with Crippen molar-refractivity contribution < 1.29 is 19.2 Å². The van der Waals surface area contributed by atoms with Gasteiger partial charge in [0.2, 0.25) is 0 Å². The Morgan fingerprint density at radius 2 is 1.86 bits per heavy atom. The summed E-state index contributed by atoms with van der Waals surface area (Å²) in [6.45, 7) is 7.67. The minimum absolute atomic E-state index is 0.0382. The number of H-pyrrole nitrogens is 1. The summed E-state index contributed by atoms with van der Waals surface area (Å²) in [7, 11) is 0. The molecule has 3 N–H and O–H groups in total. The van der Waals surface area contributed by atoms with Crippen LogP contribution in [0.2, 0.25) is 0 Å². The first-order valence-electron chi connectivity index (χ1n) is 11.4. The number of carbonyl (C=O) groups excluding carboxylic acids is 2. The first kappa shape index (κ1) is 27.3. The number of aromatic nitrogens is 2. The van der Waals surface area contributed by atoms with E-state index in [2.05, 4.69) is 4.98 Å². The summed E-state index contributed by atoms with van der Waals surface area (Å²) in [6, 6.07) is 3.21. The number of esters is 1. The number of hydrogen-bond donors (Lipinski definition) is 2. The van der Waals surface area contributed by atoms with Gasteiger partial charge in [-0.2, -0.15) is 0 Å². The highest BCUT2D eigenvalue weighted by molar-refractivity contribution is 6.08. The second kappa shape index (κ2) is 12.0. The van der Waals surface area contributed by atoms with E-state index in [-0.39, 0.29) is 48.2 Å². The summed E-state index contributed by atoms with van der Waals surface area (Å²) in [5.74, 6) is -1.65. The van der Waals surface area contributed by atoms with Gasteiger partial charge in [-0.1, -0.05) is 27.2 Å². The van der Waals surface area contributed by atoms with Crippen molar-refractivity contribution in [2.45, 2.75) is 53.5 Å². The molecule has 0 saturated carbocycles. The SMILES string of the molecule is CCCCn1c(N)c(N(CCC(C)C)C(=O)c2cc(C(=O)OCC)cc([N+](=O)[O-])c2)c(=O)[nH]c1=O. The van der Waals surface area contributed by atoms with Gasteiger partial charge in [0.25, 0.3) is 17.2 Å². The molecule has 0 aliphatic rings. The van der Waals surface area contributed by atoms with Crippen LogP contribution < -0.4 is 21.9 Å². The Morgan fingerprint density at radius 1 is 1.20 bits per heavy atom. The van der Waals surface area contributed by atoms with E-state index >= 15 is 0 Å². The first-order chi connectivity index (χ1) is 16.5. The number of nitrogen functional groups attached to an aromatic ring is 1. The lowest BCUT2D eigenvalue weighted by molar-refractivity contribution is -0.384. The smallest absolute Gasteiger partial charge is 0.338 e. The predicted molar refractivity (Wildman–Crippen MR) is 131 cm³/mol. The third-order valence-corrected chi connectivity index (χ3v) is 5.28. The van der Waals surface area contributed by atoms with Crippen LogP contribution >= 0.6 is 0 Å². The molecule has 0 saturated heterocycles. The van der Waals surface area contributed by atoms with Crippen molar-refractivity contribution in [1.82, 2.24) is 9.55 Å². The maximum atomic E-state index is 13.6. The number of nitrogens with two attached hydrogens (primary N) is 1. The number of non-ortho nitro benzene ring substituents is 1. The zero-order valence-electron chi connectivity index (χ0n) is 20.3. The number of anilines is 2. The number of nitro groups is 1. The van der Waals surface area contributed by atoms with Crippen molar-refractivity contribution >= 4 is 29.1 Å². The summed E-state index contributed by atoms with van der Waals surface area (Å²) >= 11 is 0. The molecule has 1 aromatic heterocycles. The molecular weight excluding hydrogens is 458 g/mol. The van der Waals surface area contributed by atoms with Gasteiger partial charge in [-0.25, -0.2) is 9.59 Å². The zero-order chi connectivity index (χ0) is 26.3. The summed E-state index contributed by atoms with van der Waals surface area (Å²) in [6.07, 6.45) is 1.85. The average molecular weight is 490 g/mol. The third-order valence-electron chi connectivity index (χ3n) is 5.28. The van der Waals surface area contributed by atoms with Gasteiger partial charge in [0.15, 0.2) is 5.69 Å². The second-order valence-corrected chi connectivity index (χ2v) is 8.38. The van der Waals surface area contributed by atoms with Crippen molar-refractivity contribution in [3.8, 4) is 0 Å². The summed E-state index contributed by atoms with van der Waals surface area (Å²) < 4.78 is 6.11. The number of aromatic amines is 1. The molecule has 0 unspecified atom stereocenters. The van der Waals surface area contributed by atoms with Gasteiger partial charge in [-0.05, 0) is 31.7 Å². The molecule has 1 aromatic carbocycles. The van der Waals surface area contributed by atoms with Gasteiger partial charge in [-0.3, -0.25) is 29.3 Å². The van der Waals surface area contributed by atoms with E-state index in [1.54, 1.807) is 6.92 Å². The number of hydrogen-bond acceptors (Lipinski definition) is 8. The molecule has 1 amide bonds. The maximum Gasteiger partial charge on any atom is 0.338 e. The fraction of sp³-hybridized carbons (Fsp3) is 0.478. The Bertz CT molecular complexity index is 1220. The number of benzene rings is 1. The molecule has 0 atom stereocenters. The summed E-state index contributed by atoms with van der Waals surface area (Å²) in [5.41, 5.74) is 3.57. The molecule has 35 heavy (non-hydrogen) atoms. The minimum atomic E-state index is -0.853.